The zero-order chi connectivity index (χ0) is 23.1. The van der Waals surface area contributed by atoms with E-state index in [0.29, 0.717) is 30.7 Å². The number of rotatable bonds is 6. The van der Waals surface area contributed by atoms with E-state index in [9.17, 15) is 9.18 Å². The van der Waals surface area contributed by atoms with Crippen LogP contribution in [0, 0.1) is 5.82 Å². The van der Waals surface area contributed by atoms with E-state index in [0.717, 1.165) is 29.8 Å². The number of likely N-dealkylation sites (N-methyl/N-ethyl adjacent to an activating group) is 1. The van der Waals surface area contributed by atoms with Crippen molar-refractivity contribution >= 4 is 40.1 Å². The summed E-state index contributed by atoms with van der Waals surface area (Å²) in [5.41, 5.74) is 3.19. The molecule has 1 aromatic carbocycles. The number of halogens is 2. The molecule has 0 aliphatic carbocycles. The lowest BCUT2D eigenvalue weighted by Gasteiger charge is -2.45. The molecule has 4 heterocycles. The minimum Gasteiger partial charge on any atom is -0.481 e. The van der Waals surface area contributed by atoms with Crippen LogP contribution in [0.15, 0.2) is 42.6 Å². The fourth-order valence-corrected chi connectivity index (χ4v) is 4.42. The summed E-state index contributed by atoms with van der Waals surface area (Å²) in [5, 5.41) is -0.0221. The third-order valence-corrected chi connectivity index (χ3v) is 6.44. The molecule has 3 aromatic rings. The lowest BCUT2D eigenvalue weighted by atomic mass is 10.1. The molecule has 8 nitrogen and oxygen atoms in total. The van der Waals surface area contributed by atoms with Crippen molar-refractivity contribution < 1.29 is 18.7 Å². The van der Waals surface area contributed by atoms with Gasteiger partial charge in [-0.25, -0.2) is 14.2 Å². The number of benzene rings is 1. The van der Waals surface area contributed by atoms with Gasteiger partial charge in [0.25, 0.3) is 0 Å². The molecule has 1 atom stereocenters. The van der Waals surface area contributed by atoms with E-state index in [4.69, 9.17) is 21.1 Å². The fraction of sp³-hybridized carbons (Fsp3) is 0.348. The Bertz CT molecular complexity index is 1210. The Morgan fingerprint density at radius 1 is 1.24 bits per heavy atom. The summed E-state index contributed by atoms with van der Waals surface area (Å²) in [6, 6.07) is 10.2. The van der Waals surface area contributed by atoms with Crippen LogP contribution < -0.4 is 14.5 Å². The minimum absolute atomic E-state index is 0.0221. The Hall–Kier alpha value is -3.17. The molecule has 5 rings (SSSR count). The summed E-state index contributed by atoms with van der Waals surface area (Å²) in [4.78, 5) is 27.3. The van der Waals surface area contributed by atoms with Gasteiger partial charge in [0.05, 0.1) is 29.9 Å². The van der Waals surface area contributed by atoms with Crippen molar-refractivity contribution in [3.8, 4) is 5.88 Å². The average molecular weight is 472 g/mol. The van der Waals surface area contributed by atoms with Gasteiger partial charge in [0, 0.05) is 43.6 Å². The number of ether oxygens (including phenoxy) is 2. The minimum atomic E-state index is -0.519. The van der Waals surface area contributed by atoms with Crippen LogP contribution in [0.2, 0.25) is 5.02 Å². The number of aromatic nitrogens is 2. The predicted molar refractivity (Wildman–Crippen MR) is 124 cm³/mol. The van der Waals surface area contributed by atoms with Gasteiger partial charge in [0.2, 0.25) is 5.88 Å². The van der Waals surface area contributed by atoms with Crippen LogP contribution in [0.25, 0.3) is 11.0 Å². The van der Waals surface area contributed by atoms with Crippen LogP contribution in [-0.2, 0) is 4.74 Å². The summed E-state index contributed by atoms with van der Waals surface area (Å²) in [6.07, 6.45) is 1.06. The van der Waals surface area contributed by atoms with Crippen LogP contribution >= 0.6 is 11.6 Å². The molecule has 0 bridgehead atoms. The molecule has 2 aliphatic rings. The predicted octanol–water partition coefficient (Wildman–Crippen LogP) is 3.58. The molecule has 2 aromatic heterocycles. The second-order valence-electron chi connectivity index (χ2n) is 8.26. The van der Waals surface area contributed by atoms with Crippen LogP contribution in [0.1, 0.15) is 0 Å². The fourth-order valence-electron chi connectivity index (χ4n) is 4.24. The summed E-state index contributed by atoms with van der Waals surface area (Å²) >= 11 is 5.86. The topological polar surface area (TPSA) is 71.0 Å². The first kappa shape index (κ1) is 21.7. The van der Waals surface area contributed by atoms with E-state index in [2.05, 4.69) is 19.8 Å². The Morgan fingerprint density at radius 2 is 2.06 bits per heavy atom. The molecule has 2 aliphatic heterocycles. The van der Waals surface area contributed by atoms with Gasteiger partial charge < -0.3 is 14.4 Å². The lowest BCUT2D eigenvalue weighted by molar-refractivity contribution is 0.0957. The highest BCUT2D eigenvalue weighted by Gasteiger charge is 2.37. The first-order chi connectivity index (χ1) is 15.9. The van der Waals surface area contributed by atoms with E-state index in [1.807, 2.05) is 19.2 Å². The first-order valence-electron chi connectivity index (χ1n) is 10.6. The number of anilines is 2. The molecule has 1 unspecified atom stereocenters. The summed E-state index contributed by atoms with van der Waals surface area (Å²) in [6.45, 7) is 2.64. The van der Waals surface area contributed by atoms with Gasteiger partial charge in [0.15, 0.2) is 0 Å². The van der Waals surface area contributed by atoms with Crippen molar-refractivity contribution in [2.24, 2.45) is 0 Å². The molecule has 0 saturated carbocycles. The average Bonchev–Trinajstić information content (AvgIpc) is 3.14. The van der Waals surface area contributed by atoms with Gasteiger partial charge in [-0.3, -0.25) is 14.8 Å². The number of hydrogen-bond acceptors (Lipinski definition) is 7. The van der Waals surface area contributed by atoms with E-state index in [1.54, 1.807) is 19.4 Å². The highest BCUT2D eigenvalue weighted by atomic mass is 35.5. The number of amides is 1. The molecule has 0 spiro atoms. The number of hydrogen-bond donors (Lipinski definition) is 0. The summed E-state index contributed by atoms with van der Waals surface area (Å²) < 4.78 is 24.3. The molecule has 172 valence electrons. The zero-order valence-electron chi connectivity index (χ0n) is 18.2. The highest BCUT2D eigenvalue weighted by Crippen LogP contribution is 2.31. The van der Waals surface area contributed by atoms with Gasteiger partial charge in [-0.1, -0.05) is 11.6 Å². The molecule has 0 N–H and O–H groups in total. The number of nitrogens with zero attached hydrogens (tertiary/aromatic N) is 5. The monoisotopic (exact) mass is 471 g/mol. The number of methoxy groups -OCH3 is 1. The van der Waals surface area contributed by atoms with Crippen molar-refractivity contribution in [2.45, 2.75) is 12.1 Å². The number of fused-ring (bicyclic) bond motifs is 1. The second-order valence-corrected chi connectivity index (χ2v) is 8.67. The Kier molecular flexibility index (Phi) is 5.67. The van der Waals surface area contributed by atoms with Crippen molar-refractivity contribution in [2.75, 3.05) is 50.1 Å². The quantitative estimate of drug-likeness (QED) is 0.544. The van der Waals surface area contributed by atoms with Crippen LogP contribution in [-0.4, -0.2) is 73.4 Å². The zero-order valence-corrected chi connectivity index (χ0v) is 19.0. The van der Waals surface area contributed by atoms with Crippen molar-refractivity contribution in [1.82, 2.24) is 14.9 Å². The largest absolute Gasteiger partial charge is 0.481 e. The summed E-state index contributed by atoms with van der Waals surface area (Å²) in [5.74, 6) is 0.0374. The van der Waals surface area contributed by atoms with Gasteiger partial charge in [0.1, 0.15) is 17.4 Å². The van der Waals surface area contributed by atoms with Gasteiger partial charge in [-0.2, -0.15) is 0 Å². The number of carbonyl (C=O) groups is 1. The smallest absolute Gasteiger partial charge is 0.414 e. The van der Waals surface area contributed by atoms with E-state index >= 15 is 0 Å². The van der Waals surface area contributed by atoms with Crippen molar-refractivity contribution in [1.29, 1.82) is 0 Å². The van der Waals surface area contributed by atoms with E-state index in [1.165, 1.54) is 23.1 Å². The third-order valence-electron chi connectivity index (χ3n) is 6.15. The molecule has 1 amide bonds. The summed E-state index contributed by atoms with van der Waals surface area (Å²) in [7, 11) is 3.62. The Morgan fingerprint density at radius 3 is 2.82 bits per heavy atom. The second kappa shape index (κ2) is 8.64. The number of carbonyl (C=O) groups excluding carboxylic acids is 1. The van der Waals surface area contributed by atoms with Crippen LogP contribution in [0.3, 0.4) is 0 Å². The van der Waals surface area contributed by atoms with Crippen molar-refractivity contribution in [3.63, 3.8) is 0 Å². The van der Waals surface area contributed by atoms with Gasteiger partial charge >= 0.3 is 6.09 Å². The lowest BCUT2D eigenvalue weighted by Crippen LogP contribution is -2.59. The van der Waals surface area contributed by atoms with Gasteiger partial charge in [-0.15, -0.1) is 0 Å². The molecule has 33 heavy (non-hydrogen) atoms. The van der Waals surface area contributed by atoms with Crippen molar-refractivity contribution in [3.05, 3.63) is 53.4 Å². The molecule has 2 saturated heterocycles. The maximum Gasteiger partial charge on any atom is 0.414 e. The van der Waals surface area contributed by atoms with E-state index < -0.39 is 11.9 Å². The Balaban J connectivity index is 1.21. The SMILES string of the molecule is COc1ccc2nccc(N3CC(N(C)CC4CN(c5ccc(F)c(Cl)c5)C(=O)O4)C3)c2n1. The van der Waals surface area contributed by atoms with E-state index in [-0.39, 0.29) is 11.1 Å². The molecule has 0 radical (unpaired) electrons. The standard InChI is InChI=1S/C23H23ClFN5O3/c1-28(12-16-13-30(23(31)33-16)14-3-4-18(25)17(24)9-14)15-10-29(11-15)20-7-8-26-19-5-6-21(32-2)27-22(19)20/h3-9,15-16H,10-13H2,1-2H3. The maximum absolute atomic E-state index is 13.5. The maximum atomic E-state index is 13.5. The Labute approximate surface area is 195 Å². The molecule has 2 fully saturated rings. The van der Waals surface area contributed by atoms with Crippen LogP contribution in [0.5, 0.6) is 5.88 Å². The third kappa shape index (κ3) is 4.14. The first-order valence-corrected chi connectivity index (χ1v) is 11.0. The number of pyridine rings is 2. The molecular formula is C23H23ClFN5O3. The highest BCUT2D eigenvalue weighted by molar-refractivity contribution is 6.31. The number of cyclic esters (lactones) is 1. The van der Waals surface area contributed by atoms with Gasteiger partial charge in [-0.05, 0) is 37.4 Å². The molecular weight excluding hydrogens is 449 g/mol. The van der Waals surface area contributed by atoms with Crippen LogP contribution in [0.4, 0.5) is 20.6 Å². The normalized spacial score (nSPS) is 18.7. The molecule has 10 heteroatoms.